The molecule has 14 unspecified atom stereocenters. The first-order valence-electron chi connectivity index (χ1n) is 18.0. The fourth-order valence-corrected chi connectivity index (χ4v) is 8.13. The molecule has 16 nitrogen and oxygen atoms in total. The van der Waals surface area contributed by atoms with Crippen LogP contribution in [0.5, 0.6) is 34.5 Å². The summed E-state index contributed by atoms with van der Waals surface area (Å²) in [6.07, 6.45) is -15.7. The first-order chi connectivity index (χ1) is 26.8. The van der Waals surface area contributed by atoms with E-state index in [9.17, 15) is 61.3 Å². The molecule has 0 bridgehead atoms. The molecule has 2 aliphatic heterocycles. The van der Waals surface area contributed by atoms with E-state index in [4.69, 9.17) is 18.9 Å². The molecule has 1 saturated carbocycles. The number of hydrogen-bond donors (Lipinski definition) is 12. The van der Waals surface area contributed by atoms with Crippen LogP contribution in [-0.4, -0.2) is 136 Å². The summed E-state index contributed by atoms with van der Waals surface area (Å²) >= 11 is 0. The first kappa shape index (κ1) is 39.5. The highest BCUT2D eigenvalue weighted by Gasteiger charge is 2.54. The molecule has 14 atom stereocenters. The van der Waals surface area contributed by atoms with E-state index in [1.165, 1.54) is 48.5 Å². The van der Waals surface area contributed by atoms with Crippen molar-refractivity contribution < 1.29 is 80.2 Å². The van der Waals surface area contributed by atoms with Gasteiger partial charge in [-0.15, -0.1) is 0 Å². The van der Waals surface area contributed by atoms with Crippen molar-refractivity contribution in [2.75, 3.05) is 13.2 Å². The van der Waals surface area contributed by atoms with Gasteiger partial charge in [0.2, 0.25) is 12.6 Å². The summed E-state index contributed by atoms with van der Waals surface area (Å²) in [6.45, 7) is -1.36. The zero-order chi connectivity index (χ0) is 40.0. The molecular formula is C40H44O16. The summed E-state index contributed by atoms with van der Waals surface area (Å²) in [5.41, 5.74) is 2.56. The molecule has 0 aromatic heterocycles. The lowest BCUT2D eigenvalue weighted by Gasteiger charge is -2.54. The lowest BCUT2D eigenvalue weighted by atomic mass is 9.49. The number of aliphatic hydroxyl groups excluding tert-OH is 8. The number of phenolic OH excluding ortho intramolecular Hbond substituents is 4. The molecule has 12 N–H and O–H groups in total. The topological polar surface area (TPSA) is 280 Å². The molecule has 0 amide bonds. The lowest BCUT2D eigenvalue weighted by Crippen LogP contribution is -2.60. The molecule has 3 fully saturated rings. The van der Waals surface area contributed by atoms with E-state index in [1.807, 2.05) is 0 Å². The molecule has 300 valence electrons. The van der Waals surface area contributed by atoms with Crippen LogP contribution in [-0.2, 0) is 9.47 Å². The Bertz CT molecular complexity index is 1810. The average molecular weight is 781 g/mol. The number of ether oxygens (including phenoxy) is 4. The van der Waals surface area contributed by atoms with Crippen molar-refractivity contribution in [3.05, 3.63) is 107 Å². The second-order valence-corrected chi connectivity index (χ2v) is 14.4. The Morgan fingerprint density at radius 2 is 0.732 bits per heavy atom. The smallest absolute Gasteiger partial charge is 0.229 e. The molecule has 2 saturated heterocycles. The molecule has 2 heterocycles. The Balaban J connectivity index is 1.31. The number of aromatic hydroxyl groups is 4. The lowest BCUT2D eigenvalue weighted by molar-refractivity contribution is -0.277. The van der Waals surface area contributed by atoms with Crippen molar-refractivity contribution in [2.24, 2.45) is 0 Å². The van der Waals surface area contributed by atoms with Gasteiger partial charge >= 0.3 is 0 Å². The van der Waals surface area contributed by atoms with E-state index in [0.29, 0.717) is 11.1 Å². The van der Waals surface area contributed by atoms with E-state index >= 15 is 0 Å². The third-order valence-corrected chi connectivity index (χ3v) is 10.9. The van der Waals surface area contributed by atoms with Gasteiger partial charge in [-0.25, -0.2) is 0 Å². The molecule has 3 aliphatic rings. The largest absolute Gasteiger partial charge is 0.508 e. The summed E-state index contributed by atoms with van der Waals surface area (Å²) in [4.78, 5) is 0. The summed E-state index contributed by atoms with van der Waals surface area (Å²) < 4.78 is 22.9. The Kier molecular flexibility index (Phi) is 11.3. The monoisotopic (exact) mass is 780 g/mol. The van der Waals surface area contributed by atoms with Gasteiger partial charge in [0.1, 0.15) is 83.3 Å². The Morgan fingerprint density at radius 1 is 0.393 bits per heavy atom. The van der Waals surface area contributed by atoms with Crippen LogP contribution in [0.1, 0.15) is 45.9 Å². The molecule has 4 aromatic rings. The normalized spacial score (nSPS) is 34.4. The number of hydrogen-bond acceptors (Lipinski definition) is 16. The van der Waals surface area contributed by atoms with E-state index < -0.39 is 98.3 Å². The predicted octanol–water partition coefficient (Wildman–Crippen LogP) is 0.315. The van der Waals surface area contributed by atoms with Gasteiger partial charge in [-0.05, 0) is 94.5 Å². The molecular weight excluding hydrogens is 736 g/mol. The summed E-state index contributed by atoms with van der Waals surface area (Å²) in [7, 11) is 0. The zero-order valence-corrected chi connectivity index (χ0v) is 29.6. The van der Waals surface area contributed by atoms with Crippen molar-refractivity contribution >= 4 is 0 Å². The number of phenols is 4. The molecule has 0 radical (unpaired) electrons. The minimum Gasteiger partial charge on any atom is -0.508 e. The number of aliphatic hydroxyl groups is 8. The van der Waals surface area contributed by atoms with Crippen LogP contribution in [0, 0.1) is 0 Å². The van der Waals surface area contributed by atoms with Crippen LogP contribution in [0.15, 0.2) is 84.9 Å². The zero-order valence-electron chi connectivity index (χ0n) is 29.6. The molecule has 16 heteroatoms. The standard InChI is InChI=1S/C40H44O16/c41-15-27-33(47)35(49)37(51)39(55-27)53-25-11-19(9-23(45)13-25)31-29(17-1-5-21(43)6-2-17)30(18-3-7-22(44)8-4-18)32(31)20-10-24(46)14-26(12-20)54-40-38(52)36(50)34(48)28(16-42)56-40/h1-14,27-52H,15-16H2. The van der Waals surface area contributed by atoms with Gasteiger partial charge < -0.3 is 80.2 Å². The minimum atomic E-state index is -1.73. The second kappa shape index (κ2) is 16.0. The van der Waals surface area contributed by atoms with Crippen LogP contribution >= 0.6 is 0 Å². The van der Waals surface area contributed by atoms with E-state index in [1.54, 1.807) is 36.4 Å². The molecule has 1 aliphatic carbocycles. The fraction of sp³-hybridized carbons (Fsp3) is 0.400. The van der Waals surface area contributed by atoms with Gasteiger partial charge in [-0.1, -0.05) is 24.3 Å². The summed E-state index contributed by atoms with van der Waals surface area (Å²) in [5, 5.41) is 124. The van der Waals surface area contributed by atoms with Crippen molar-refractivity contribution in [1.82, 2.24) is 0 Å². The highest BCUT2D eigenvalue weighted by atomic mass is 16.7. The van der Waals surface area contributed by atoms with E-state index in [0.717, 1.165) is 11.1 Å². The van der Waals surface area contributed by atoms with E-state index in [2.05, 4.69) is 0 Å². The van der Waals surface area contributed by atoms with Gasteiger partial charge in [0.05, 0.1) is 13.2 Å². The molecule has 7 rings (SSSR count). The van der Waals surface area contributed by atoms with Crippen LogP contribution in [0.2, 0.25) is 0 Å². The van der Waals surface area contributed by atoms with Crippen LogP contribution in [0.25, 0.3) is 0 Å². The van der Waals surface area contributed by atoms with Crippen molar-refractivity contribution in [3.63, 3.8) is 0 Å². The number of benzene rings is 4. The van der Waals surface area contributed by atoms with Gasteiger partial charge in [-0.3, -0.25) is 0 Å². The SMILES string of the molecule is OCC1OC(Oc2cc(O)cc(C3C(c4ccc(O)cc4)C(c4ccc(O)cc4)C3c3cc(O)cc(OC4OC(CO)C(O)C(O)C4O)c3)c2)C(O)C(O)C1O. The molecule has 56 heavy (non-hydrogen) atoms. The average Bonchev–Trinajstić information content (AvgIpc) is 3.16. The van der Waals surface area contributed by atoms with Crippen LogP contribution < -0.4 is 9.47 Å². The summed E-state index contributed by atoms with van der Waals surface area (Å²) in [5.74, 6) is -2.34. The Hall–Kier alpha value is -4.72. The highest BCUT2D eigenvalue weighted by Crippen LogP contribution is 2.67. The van der Waals surface area contributed by atoms with E-state index in [-0.39, 0.29) is 34.5 Å². The third-order valence-electron chi connectivity index (χ3n) is 10.9. The maximum atomic E-state index is 11.1. The van der Waals surface area contributed by atoms with Gasteiger partial charge in [0.15, 0.2) is 0 Å². The van der Waals surface area contributed by atoms with Gasteiger partial charge in [-0.2, -0.15) is 0 Å². The van der Waals surface area contributed by atoms with Crippen LogP contribution in [0.3, 0.4) is 0 Å². The third kappa shape index (κ3) is 7.56. The molecule has 0 spiro atoms. The van der Waals surface area contributed by atoms with Crippen molar-refractivity contribution in [2.45, 2.75) is 85.1 Å². The van der Waals surface area contributed by atoms with Crippen molar-refractivity contribution in [1.29, 1.82) is 0 Å². The van der Waals surface area contributed by atoms with Gasteiger partial charge in [0, 0.05) is 12.1 Å². The summed E-state index contributed by atoms with van der Waals surface area (Å²) in [6, 6.07) is 21.8. The quantitative estimate of drug-likeness (QED) is 0.103. The Morgan fingerprint density at radius 3 is 1.07 bits per heavy atom. The second-order valence-electron chi connectivity index (χ2n) is 14.4. The minimum absolute atomic E-state index is 0.00293. The predicted molar refractivity (Wildman–Crippen MR) is 192 cm³/mol. The van der Waals surface area contributed by atoms with Crippen LogP contribution in [0.4, 0.5) is 0 Å². The van der Waals surface area contributed by atoms with Gasteiger partial charge in [0.25, 0.3) is 0 Å². The maximum Gasteiger partial charge on any atom is 0.229 e. The Labute approximate surface area is 319 Å². The molecule has 4 aromatic carbocycles. The fourth-order valence-electron chi connectivity index (χ4n) is 8.13. The highest BCUT2D eigenvalue weighted by molar-refractivity contribution is 5.53. The maximum absolute atomic E-state index is 11.1. The first-order valence-corrected chi connectivity index (χ1v) is 18.0. The van der Waals surface area contributed by atoms with Crippen molar-refractivity contribution in [3.8, 4) is 34.5 Å². The number of rotatable bonds is 10.